The van der Waals surface area contributed by atoms with Gasteiger partial charge in [0.15, 0.2) is 0 Å². The highest BCUT2D eigenvalue weighted by atomic mass is 32.1. The molecule has 0 radical (unpaired) electrons. The molecule has 0 aliphatic heterocycles. The number of nitrogens with zero attached hydrogens (tertiary/aromatic N) is 3. The molecule has 1 N–H and O–H groups in total. The summed E-state index contributed by atoms with van der Waals surface area (Å²) in [6.45, 7) is 1.83. The van der Waals surface area contributed by atoms with Crippen LogP contribution in [0.3, 0.4) is 0 Å². The molecule has 1 amide bonds. The maximum atomic E-state index is 12.9. The number of methoxy groups -OCH3 is 1. The van der Waals surface area contributed by atoms with E-state index in [1.165, 1.54) is 0 Å². The lowest BCUT2D eigenvalue weighted by Gasteiger charge is -2.19. The fourth-order valence-electron chi connectivity index (χ4n) is 3.21. The number of rotatable bonds is 7. The Morgan fingerprint density at radius 1 is 1.30 bits per heavy atom. The quantitative estimate of drug-likeness (QED) is 0.488. The second-order valence-electron chi connectivity index (χ2n) is 6.85. The zero-order valence-corrected chi connectivity index (χ0v) is 17.8. The van der Waals surface area contributed by atoms with Crippen molar-refractivity contribution in [3.05, 3.63) is 77.0 Å². The van der Waals surface area contributed by atoms with E-state index in [2.05, 4.69) is 15.3 Å². The fraction of sp³-hybridized carbons (Fsp3) is 0.227. The Morgan fingerprint density at radius 2 is 2.10 bits per heavy atom. The fourth-order valence-corrected chi connectivity index (χ4v) is 3.86. The van der Waals surface area contributed by atoms with Gasteiger partial charge < -0.3 is 19.0 Å². The van der Waals surface area contributed by atoms with Gasteiger partial charge in [0.25, 0.3) is 0 Å². The molecule has 8 heteroatoms. The zero-order valence-electron chi connectivity index (χ0n) is 17.0. The first-order valence-electron chi connectivity index (χ1n) is 9.46. The molecular weight excluding hydrogens is 400 g/mol. The summed E-state index contributed by atoms with van der Waals surface area (Å²) in [5.41, 5.74) is 1.54. The number of carbonyl (C=O) groups excluding carboxylic acids is 1. The van der Waals surface area contributed by atoms with Crippen LogP contribution < -0.4 is 10.1 Å². The average molecular weight is 423 g/mol. The van der Waals surface area contributed by atoms with Gasteiger partial charge in [-0.2, -0.15) is 0 Å². The van der Waals surface area contributed by atoms with Gasteiger partial charge in [-0.15, -0.1) is 11.3 Å². The summed E-state index contributed by atoms with van der Waals surface area (Å²) in [4.78, 5) is 22.8. The van der Waals surface area contributed by atoms with Crippen molar-refractivity contribution in [2.24, 2.45) is 7.05 Å². The number of carbonyl (C=O) groups is 1. The van der Waals surface area contributed by atoms with E-state index in [9.17, 15) is 4.79 Å². The van der Waals surface area contributed by atoms with Crippen molar-refractivity contribution in [2.45, 2.75) is 19.4 Å². The van der Waals surface area contributed by atoms with E-state index in [-0.39, 0.29) is 12.3 Å². The Labute approximate surface area is 178 Å². The minimum absolute atomic E-state index is 0.123. The molecule has 0 saturated carbocycles. The molecule has 3 heterocycles. The van der Waals surface area contributed by atoms with Gasteiger partial charge in [-0.05, 0) is 36.1 Å². The van der Waals surface area contributed by atoms with Crippen molar-refractivity contribution >= 4 is 17.2 Å². The molecule has 4 rings (SSSR count). The van der Waals surface area contributed by atoms with Crippen LogP contribution in [0.15, 0.2) is 58.6 Å². The first-order chi connectivity index (χ1) is 14.5. The largest absolute Gasteiger partial charge is 0.497 e. The first kappa shape index (κ1) is 19.9. The molecule has 1 aromatic carbocycles. The SMILES string of the molecule is COc1ccc([C@@H](NC(=O)Cc2nc(-c3cccs3)oc2C)c2nccn2C)cc1. The molecule has 7 nitrogen and oxygen atoms in total. The van der Waals surface area contributed by atoms with Gasteiger partial charge in [-0.25, -0.2) is 9.97 Å². The van der Waals surface area contributed by atoms with Gasteiger partial charge in [-0.1, -0.05) is 18.2 Å². The average Bonchev–Trinajstić information content (AvgIpc) is 3.49. The van der Waals surface area contributed by atoms with Gasteiger partial charge in [0.05, 0.1) is 24.1 Å². The van der Waals surface area contributed by atoms with E-state index < -0.39 is 6.04 Å². The minimum atomic E-state index is -0.396. The van der Waals surface area contributed by atoms with Crippen molar-refractivity contribution < 1.29 is 13.9 Å². The predicted molar refractivity (Wildman–Crippen MR) is 114 cm³/mol. The molecule has 3 aromatic heterocycles. The number of aromatic nitrogens is 3. The summed E-state index contributed by atoms with van der Waals surface area (Å²) in [7, 11) is 3.53. The highest BCUT2D eigenvalue weighted by Gasteiger charge is 2.22. The van der Waals surface area contributed by atoms with Crippen molar-refractivity contribution in [1.29, 1.82) is 0 Å². The normalized spacial score (nSPS) is 12.0. The lowest BCUT2D eigenvalue weighted by atomic mass is 10.1. The van der Waals surface area contributed by atoms with E-state index in [0.29, 0.717) is 17.3 Å². The number of hydrogen-bond acceptors (Lipinski definition) is 6. The number of thiophene rings is 1. The Morgan fingerprint density at radius 3 is 2.73 bits per heavy atom. The summed E-state index contributed by atoms with van der Waals surface area (Å²) >= 11 is 1.55. The van der Waals surface area contributed by atoms with E-state index >= 15 is 0 Å². The van der Waals surface area contributed by atoms with Crippen LogP contribution in [0.4, 0.5) is 0 Å². The third kappa shape index (κ3) is 4.13. The number of imidazole rings is 1. The Balaban J connectivity index is 1.56. The molecule has 30 heavy (non-hydrogen) atoms. The molecule has 0 bridgehead atoms. The number of ether oxygens (including phenoxy) is 1. The van der Waals surface area contributed by atoms with Gasteiger partial charge in [0.2, 0.25) is 11.8 Å². The summed E-state index contributed by atoms with van der Waals surface area (Å²) in [5.74, 6) is 2.52. The third-order valence-corrected chi connectivity index (χ3v) is 5.68. The summed E-state index contributed by atoms with van der Waals surface area (Å²) in [6, 6.07) is 11.1. The van der Waals surface area contributed by atoms with Gasteiger partial charge in [0.1, 0.15) is 23.4 Å². The van der Waals surface area contributed by atoms with Gasteiger partial charge >= 0.3 is 0 Å². The van der Waals surface area contributed by atoms with Crippen LogP contribution in [0.5, 0.6) is 5.75 Å². The van der Waals surface area contributed by atoms with E-state index in [4.69, 9.17) is 9.15 Å². The topological polar surface area (TPSA) is 82.2 Å². The molecule has 4 aromatic rings. The summed E-state index contributed by atoms with van der Waals surface area (Å²) in [6.07, 6.45) is 3.69. The molecule has 0 aliphatic carbocycles. The molecule has 0 spiro atoms. The van der Waals surface area contributed by atoms with Crippen molar-refractivity contribution in [3.8, 4) is 16.5 Å². The summed E-state index contributed by atoms with van der Waals surface area (Å²) in [5, 5.41) is 5.06. The van der Waals surface area contributed by atoms with Crippen LogP contribution in [0, 0.1) is 6.92 Å². The highest BCUT2D eigenvalue weighted by Crippen LogP contribution is 2.27. The van der Waals surface area contributed by atoms with Gasteiger partial charge in [0, 0.05) is 19.4 Å². The Hall–Kier alpha value is -3.39. The van der Waals surface area contributed by atoms with Crippen LogP contribution in [-0.4, -0.2) is 27.6 Å². The standard InChI is InChI=1S/C22H22N4O3S/c1-14-17(24-22(29-14)18-5-4-12-30-18)13-19(27)25-20(21-23-10-11-26(21)2)15-6-8-16(28-3)9-7-15/h4-12,20H,13H2,1-3H3,(H,25,27)/t20-/m1/s1. The van der Waals surface area contributed by atoms with Crippen LogP contribution in [0.2, 0.25) is 0 Å². The molecule has 0 saturated heterocycles. The van der Waals surface area contributed by atoms with Crippen LogP contribution >= 0.6 is 11.3 Å². The van der Waals surface area contributed by atoms with Crippen molar-refractivity contribution in [1.82, 2.24) is 19.9 Å². The number of oxazole rings is 1. The van der Waals surface area contributed by atoms with E-state index in [0.717, 1.165) is 22.0 Å². The molecule has 0 fully saturated rings. The second-order valence-corrected chi connectivity index (χ2v) is 7.79. The minimum Gasteiger partial charge on any atom is -0.497 e. The smallest absolute Gasteiger partial charge is 0.236 e. The second kappa shape index (κ2) is 8.54. The number of amides is 1. The van der Waals surface area contributed by atoms with Crippen LogP contribution in [-0.2, 0) is 18.3 Å². The highest BCUT2D eigenvalue weighted by molar-refractivity contribution is 7.13. The summed E-state index contributed by atoms with van der Waals surface area (Å²) < 4.78 is 12.9. The molecule has 0 aliphatic rings. The van der Waals surface area contributed by atoms with Gasteiger partial charge in [-0.3, -0.25) is 4.79 Å². The zero-order chi connectivity index (χ0) is 21.1. The lowest BCUT2D eigenvalue weighted by Crippen LogP contribution is -2.32. The predicted octanol–water partition coefficient (Wildman–Crippen LogP) is 3.90. The van der Waals surface area contributed by atoms with E-state index in [1.807, 2.05) is 66.5 Å². The number of nitrogens with one attached hydrogen (secondary N) is 1. The molecule has 0 unspecified atom stereocenters. The third-order valence-electron chi connectivity index (χ3n) is 4.82. The number of aryl methyl sites for hydroxylation is 2. The van der Waals surface area contributed by atoms with Crippen molar-refractivity contribution in [3.63, 3.8) is 0 Å². The molecule has 1 atom stereocenters. The van der Waals surface area contributed by atoms with Crippen LogP contribution in [0.1, 0.15) is 28.9 Å². The molecule has 154 valence electrons. The number of benzene rings is 1. The Bertz CT molecular complexity index is 1130. The van der Waals surface area contributed by atoms with Crippen LogP contribution in [0.25, 0.3) is 10.8 Å². The van der Waals surface area contributed by atoms with E-state index in [1.54, 1.807) is 24.6 Å². The first-order valence-corrected chi connectivity index (χ1v) is 10.3. The maximum absolute atomic E-state index is 12.9. The molecular formula is C22H22N4O3S. The Kier molecular flexibility index (Phi) is 5.67. The van der Waals surface area contributed by atoms with Crippen molar-refractivity contribution in [2.75, 3.05) is 7.11 Å². The monoisotopic (exact) mass is 422 g/mol. The maximum Gasteiger partial charge on any atom is 0.236 e. The lowest BCUT2D eigenvalue weighted by molar-refractivity contribution is -0.121. The number of hydrogen-bond donors (Lipinski definition) is 1.